The number of thiophene rings is 1. The Morgan fingerprint density at radius 3 is 2.57 bits per heavy atom. The predicted molar refractivity (Wildman–Crippen MR) is 137 cm³/mol. The molecule has 164 valence electrons. The number of hydrogen-bond acceptors (Lipinski definition) is 3. The van der Waals surface area contributed by atoms with Gasteiger partial charge >= 0.3 is 0 Å². The van der Waals surface area contributed by atoms with Gasteiger partial charge in [-0.1, -0.05) is 44.2 Å². The molecule has 1 saturated heterocycles. The first-order chi connectivity index (χ1) is 14.0. The van der Waals surface area contributed by atoms with E-state index in [4.69, 9.17) is 4.99 Å². The predicted octanol–water partition coefficient (Wildman–Crippen LogP) is 4.52. The van der Waals surface area contributed by atoms with Gasteiger partial charge in [0.25, 0.3) is 0 Å². The van der Waals surface area contributed by atoms with Crippen molar-refractivity contribution in [3.63, 3.8) is 0 Å². The van der Waals surface area contributed by atoms with Crippen molar-refractivity contribution in [2.24, 2.45) is 4.99 Å². The maximum atomic E-state index is 12.0. The summed E-state index contributed by atoms with van der Waals surface area (Å²) >= 11 is 1.79. The van der Waals surface area contributed by atoms with Crippen molar-refractivity contribution < 1.29 is 4.79 Å². The maximum Gasteiger partial charge on any atom is 0.222 e. The Balaban J connectivity index is 0.00000320. The first-order valence-electron chi connectivity index (χ1n) is 10.4. The molecule has 1 aliphatic heterocycles. The number of carbonyl (C=O) groups excluding carboxylic acids is 1. The number of amides is 1. The maximum absolute atomic E-state index is 12.0. The van der Waals surface area contributed by atoms with Crippen molar-refractivity contribution in [2.45, 2.75) is 52.1 Å². The summed E-state index contributed by atoms with van der Waals surface area (Å²) in [4.78, 5) is 20.1. The summed E-state index contributed by atoms with van der Waals surface area (Å²) in [6.45, 7) is 10.3. The van der Waals surface area contributed by atoms with Crippen LogP contribution < -0.4 is 10.6 Å². The molecule has 1 aromatic carbocycles. The average Bonchev–Trinajstić information content (AvgIpc) is 3.38. The third kappa shape index (κ3) is 6.70. The summed E-state index contributed by atoms with van der Waals surface area (Å²) in [7, 11) is 0. The number of rotatable bonds is 8. The lowest BCUT2D eigenvalue weighted by molar-refractivity contribution is -0.128. The van der Waals surface area contributed by atoms with E-state index in [9.17, 15) is 4.79 Å². The zero-order chi connectivity index (χ0) is 20.7. The Kier molecular flexibility index (Phi) is 9.61. The fourth-order valence-corrected chi connectivity index (χ4v) is 4.36. The third-order valence-corrected chi connectivity index (χ3v) is 6.52. The van der Waals surface area contributed by atoms with Crippen LogP contribution in [0.3, 0.4) is 0 Å². The van der Waals surface area contributed by atoms with Crippen LogP contribution in [0.25, 0.3) is 0 Å². The van der Waals surface area contributed by atoms with Gasteiger partial charge < -0.3 is 15.5 Å². The van der Waals surface area contributed by atoms with Crippen molar-refractivity contribution in [3.8, 4) is 0 Å². The zero-order valence-electron chi connectivity index (χ0n) is 18.1. The molecule has 5 nitrogen and oxygen atoms in total. The van der Waals surface area contributed by atoms with E-state index in [-0.39, 0.29) is 35.3 Å². The van der Waals surface area contributed by atoms with E-state index in [1.807, 2.05) is 17.0 Å². The second-order valence-electron chi connectivity index (χ2n) is 8.10. The van der Waals surface area contributed by atoms with E-state index < -0.39 is 0 Å². The molecule has 7 heteroatoms. The van der Waals surface area contributed by atoms with Gasteiger partial charge in [-0.05, 0) is 35.9 Å². The Bertz CT molecular complexity index is 835. The molecular weight excluding hydrogens is 507 g/mol. The second kappa shape index (κ2) is 11.7. The van der Waals surface area contributed by atoms with E-state index in [0.717, 1.165) is 32.0 Å². The lowest BCUT2D eigenvalue weighted by Gasteiger charge is -2.25. The minimum absolute atomic E-state index is 0. The Morgan fingerprint density at radius 2 is 1.93 bits per heavy atom. The number of likely N-dealkylation sites (tertiary alicyclic amines) is 1. The Morgan fingerprint density at radius 1 is 1.17 bits per heavy atom. The van der Waals surface area contributed by atoms with Crippen molar-refractivity contribution >= 4 is 47.2 Å². The number of carbonyl (C=O) groups is 1. The van der Waals surface area contributed by atoms with Crippen LogP contribution in [-0.2, 0) is 23.3 Å². The Labute approximate surface area is 201 Å². The fourth-order valence-electron chi connectivity index (χ4n) is 3.50. The molecule has 2 aromatic rings. The molecule has 0 aliphatic carbocycles. The molecule has 0 unspecified atom stereocenters. The minimum atomic E-state index is 0. The Hall–Kier alpha value is -1.61. The van der Waals surface area contributed by atoms with Crippen LogP contribution in [0.15, 0.2) is 46.8 Å². The van der Waals surface area contributed by atoms with Gasteiger partial charge in [0.15, 0.2) is 5.96 Å². The van der Waals surface area contributed by atoms with Crippen molar-refractivity contribution in [2.75, 3.05) is 19.6 Å². The molecule has 0 atom stereocenters. The van der Waals surface area contributed by atoms with Gasteiger partial charge in [0.05, 0.1) is 6.54 Å². The summed E-state index contributed by atoms with van der Waals surface area (Å²) in [5.41, 5.74) is 2.39. The highest BCUT2D eigenvalue weighted by Gasteiger charge is 2.22. The molecule has 1 aliphatic rings. The summed E-state index contributed by atoms with van der Waals surface area (Å²) in [6.07, 6.45) is 1.64. The zero-order valence-corrected chi connectivity index (χ0v) is 21.3. The highest BCUT2D eigenvalue weighted by molar-refractivity contribution is 14.0. The van der Waals surface area contributed by atoms with Gasteiger partial charge in [-0.15, -0.1) is 35.3 Å². The number of halogens is 1. The van der Waals surface area contributed by atoms with E-state index in [1.54, 1.807) is 11.3 Å². The monoisotopic (exact) mass is 540 g/mol. The van der Waals surface area contributed by atoms with Crippen LogP contribution in [-0.4, -0.2) is 36.4 Å². The molecule has 1 amide bonds. The number of hydrogen-bond donors (Lipinski definition) is 2. The smallest absolute Gasteiger partial charge is 0.222 e. The standard InChI is InChI=1S/C23H32N4OS.HI/c1-4-24-22(26-17-23(2,3)20-11-8-14-29-20)25-15-18-9-5-6-10-19(18)16-27-13-7-12-21(27)28;/h5-6,8-11,14H,4,7,12-13,15-17H2,1-3H3,(H2,24,25,26);1H. The second-order valence-corrected chi connectivity index (χ2v) is 9.05. The van der Waals surface area contributed by atoms with Crippen molar-refractivity contribution in [1.82, 2.24) is 15.5 Å². The van der Waals surface area contributed by atoms with E-state index in [1.165, 1.54) is 16.0 Å². The lowest BCUT2D eigenvalue weighted by Crippen LogP contribution is -2.43. The van der Waals surface area contributed by atoms with Gasteiger partial charge in [0.1, 0.15) is 0 Å². The summed E-state index contributed by atoms with van der Waals surface area (Å²) < 4.78 is 0. The van der Waals surface area contributed by atoms with Gasteiger partial charge in [0, 0.05) is 42.9 Å². The van der Waals surface area contributed by atoms with Crippen LogP contribution in [0.5, 0.6) is 0 Å². The molecule has 0 saturated carbocycles. The first-order valence-corrected chi connectivity index (χ1v) is 11.3. The summed E-state index contributed by atoms with van der Waals surface area (Å²) in [5, 5.41) is 8.97. The average molecular weight is 541 g/mol. The molecule has 0 radical (unpaired) electrons. The van der Waals surface area contributed by atoms with Gasteiger partial charge in [-0.2, -0.15) is 0 Å². The molecule has 0 bridgehead atoms. The van der Waals surface area contributed by atoms with Crippen LogP contribution in [0, 0.1) is 0 Å². The summed E-state index contributed by atoms with van der Waals surface area (Å²) in [5.74, 6) is 1.08. The quantitative estimate of drug-likeness (QED) is 0.294. The topological polar surface area (TPSA) is 56.7 Å². The van der Waals surface area contributed by atoms with E-state index >= 15 is 0 Å². The number of nitrogens with zero attached hydrogens (tertiary/aromatic N) is 2. The normalized spacial score (nSPS) is 14.6. The van der Waals surface area contributed by atoms with Crippen LogP contribution in [0.2, 0.25) is 0 Å². The largest absolute Gasteiger partial charge is 0.357 e. The van der Waals surface area contributed by atoms with Crippen LogP contribution >= 0.6 is 35.3 Å². The molecule has 3 rings (SSSR count). The van der Waals surface area contributed by atoms with Gasteiger partial charge in [0.2, 0.25) is 5.91 Å². The number of benzene rings is 1. The van der Waals surface area contributed by atoms with E-state index in [2.05, 4.69) is 61.1 Å². The molecular formula is C23H33IN4OS. The lowest BCUT2D eigenvalue weighted by atomic mass is 9.91. The van der Waals surface area contributed by atoms with Crippen molar-refractivity contribution in [3.05, 3.63) is 57.8 Å². The number of aliphatic imine (C=N–C) groups is 1. The van der Waals surface area contributed by atoms with Crippen LogP contribution in [0.4, 0.5) is 0 Å². The third-order valence-electron chi connectivity index (χ3n) is 5.29. The number of guanidine groups is 1. The molecule has 2 heterocycles. The fraction of sp³-hybridized carbons (Fsp3) is 0.478. The summed E-state index contributed by atoms with van der Waals surface area (Å²) in [6, 6.07) is 12.6. The van der Waals surface area contributed by atoms with Crippen molar-refractivity contribution in [1.29, 1.82) is 0 Å². The SMILES string of the molecule is CCNC(=NCc1ccccc1CN1CCCC1=O)NCC(C)(C)c1cccs1.I. The molecule has 30 heavy (non-hydrogen) atoms. The van der Waals surface area contributed by atoms with E-state index in [0.29, 0.717) is 19.5 Å². The highest BCUT2D eigenvalue weighted by atomic mass is 127. The molecule has 1 aromatic heterocycles. The molecule has 1 fully saturated rings. The van der Waals surface area contributed by atoms with Crippen LogP contribution in [0.1, 0.15) is 49.6 Å². The molecule has 2 N–H and O–H groups in total. The van der Waals surface area contributed by atoms with Gasteiger partial charge in [-0.3, -0.25) is 4.79 Å². The highest BCUT2D eigenvalue weighted by Crippen LogP contribution is 2.26. The minimum Gasteiger partial charge on any atom is -0.357 e. The first kappa shape index (κ1) is 24.7. The van der Waals surface area contributed by atoms with Gasteiger partial charge in [-0.25, -0.2) is 4.99 Å². The molecule has 0 spiro atoms. The number of nitrogens with one attached hydrogen (secondary N) is 2.